The zero-order valence-electron chi connectivity index (χ0n) is 14.6. The Morgan fingerprint density at radius 2 is 1.18 bits per heavy atom. The molecule has 0 spiro atoms. The highest BCUT2D eigenvalue weighted by molar-refractivity contribution is 6.33. The SMILES string of the molecule is NCc1cc(C(CCl)C(=O)C(CCl)c2cc(CN)c(F)cc2Cl)c(Cl)cc1F. The molecule has 9 heteroatoms. The summed E-state index contributed by atoms with van der Waals surface area (Å²) in [5.41, 5.74) is 12.2. The second-order valence-electron chi connectivity index (χ2n) is 6.15. The molecule has 2 aromatic carbocycles. The number of Topliss-reactive ketones (excluding diaryl/α,β-unsaturated/α-hetero) is 1. The molecule has 0 amide bonds. The Hall–Kier alpha value is -0.950. The Bertz CT molecular complexity index is 810. The minimum atomic E-state index is -0.883. The second-order valence-corrected chi connectivity index (χ2v) is 7.59. The van der Waals surface area contributed by atoms with E-state index < -0.39 is 23.5 Å². The number of nitrogens with two attached hydrogens (primary N) is 2. The standard InChI is InChI=1S/C19H18Cl4F2N2O/c20-5-13(11-1-9(7-26)17(24)3-15(11)22)19(28)14(6-21)12-2-10(8-27)18(25)4-16(12)23/h1-4,13-14H,5-8,26-27H2. The fourth-order valence-electron chi connectivity index (χ4n) is 2.94. The summed E-state index contributed by atoms with van der Waals surface area (Å²) in [6.07, 6.45) is 0. The third-order valence-corrected chi connectivity index (χ3v) is 5.79. The summed E-state index contributed by atoms with van der Waals surface area (Å²) in [6, 6.07) is 5.04. The van der Waals surface area contributed by atoms with Gasteiger partial charge in [0.05, 0.1) is 11.8 Å². The smallest absolute Gasteiger partial charge is 0.150 e. The highest BCUT2D eigenvalue weighted by atomic mass is 35.5. The van der Waals surface area contributed by atoms with Crippen molar-refractivity contribution in [3.8, 4) is 0 Å². The maximum absolute atomic E-state index is 13.9. The van der Waals surface area contributed by atoms with Crippen molar-refractivity contribution in [2.75, 3.05) is 11.8 Å². The molecule has 2 aromatic rings. The molecule has 0 radical (unpaired) electrons. The summed E-state index contributed by atoms with van der Waals surface area (Å²) in [6.45, 7) is -0.135. The first kappa shape index (κ1) is 23.3. The molecule has 0 aromatic heterocycles. The molecule has 28 heavy (non-hydrogen) atoms. The van der Waals surface area contributed by atoms with Gasteiger partial charge < -0.3 is 11.5 Å². The summed E-state index contributed by atoms with van der Waals surface area (Å²) in [7, 11) is 0. The normalized spacial score (nSPS) is 13.4. The van der Waals surface area contributed by atoms with Gasteiger partial charge in [-0.05, 0) is 35.4 Å². The van der Waals surface area contributed by atoms with Crippen LogP contribution in [0.5, 0.6) is 0 Å². The lowest BCUT2D eigenvalue weighted by Crippen LogP contribution is -2.24. The molecule has 152 valence electrons. The van der Waals surface area contributed by atoms with Gasteiger partial charge in [-0.3, -0.25) is 4.79 Å². The number of benzene rings is 2. The summed E-state index contributed by atoms with van der Waals surface area (Å²) in [5.74, 6) is -3.52. The fraction of sp³-hybridized carbons (Fsp3) is 0.316. The number of carbonyl (C=O) groups is 1. The lowest BCUT2D eigenvalue weighted by atomic mass is 9.84. The van der Waals surface area contributed by atoms with Crippen molar-refractivity contribution in [2.45, 2.75) is 24.9 Å². The average Bonchev–Trinajstić information content (AvgIpc) is 2.66. The van der Waals surface area contributed by atoms with Crippen molar-refractivity contribution >= 4 is 52.2 Å². The lowest BCUT2D eigenvalue weighted by Gasteiger charge is -2.23. The summed E-state index contributed by atoms with van der Waals surface area (Å²) in [5, 5.41) is 0.102. The van der Waals surface area contributed by atoms with E-state index >= 15 is 0 Å². The molecule has 3 nitrogen and oxygen atoms in total. The van der Waals surface area contributed by atoms with Crippen molar-refractivity contribution in [2.24, 2.45) is 11.5 Å². The third kappa shape index (κ3) is 4.78. The molecule has 0 saturated carbocycles. The molecule has 0 bridgehead atoms. The highest BCUT2D eigenvalue weighted by Crippen LogP contribution is 2.36. The van der Waals surface area contributed by atoms with Gasteiger partial charge in [-0.25, -0.2) is 8.78 Å². The number of carbonyl (C=O) groups excluding carboxylic acids is 1. The molecule has 0 aliphatic rings. The van der Waals surface area contributed by atoms with Crippen LogP contribution in [0.2, 0.25) is 10.0 Å². The van der Waals surface area contributed by atoms with Crippen LogP contribution in [0, 0.1) is 11.6 Å². The van der Waals surface area contributed by atoms with Gasteiger partial charge in [0.1, 0.15) is 17.4 Å². The number of halogens is 6. The molecule has 0 aliphatic heterocycles. The fourth-order valence-corrected chi connectivity index (χ4v) is 4.14. The van der Waals surface area contributed by atoms with Crippen LogP contribution in [0.25, 0.3) is 0 Å². The quantitative estimate of drug-likeness (QED) is 0.528. The molecule has 4 N–H and O–H groups in total. The molecule has 2 unspecified atom stereocenters. The van der Waals surface area contributed by atoms with Crippen LogP contribution in [0.1, 0.15) is 34.1 Å². The number of rotatable bonds is 8. The summed E-state index contributed by atoms with van der Waals surface area (Å²) < 4.78 is 27.8. The predicted octanol–water partition coefficient (Wildman–Crippen LogP) is 5.10. The minimum Gasteiger partial charge on any atom is -0.326 e. The largest absolute Gasteiger partial charge is 0.326 e. The lowest BCUT2D eigenvalue weighted by molar-refractivity contribution is -0.121. The van der Waals surface area contributed by atoms with E-state index in [-0.39, 0.29) is 51.8 Å². The van der Waals surface area contributed by atoms with Gasteiger partial charge in [0, 0.05) is 46.0 Å². The van der Waals surface area contributed by atoms with Crippen LogP contribution in [0.3, 0.4) is 0 Å². The van der Waals surface area contributed by atoms with Crippen molar-refractivity contribution in [3.05, 3.63) is 68.2 Å². The minimum absolute atomic E-state index is 0.0508. The first-order valence-corrected chi connectivity index (χ1v) is 10.1. The zero-order valence-corrected chi connectivity index (χ0v) is 17.6. The zero-order chi connectivity index (χ0) is 21.0. The maximum atomic E-state index is 13.9. The van der Waals surface area contributed by atoms with Crippen molar-refractivity contribution < 1.29 is 13.6 Å². The molecule has 0 saturated heterocycles. The Morgan fingerprint density at radius 3 is 1.46 bits per heavy atom. The number of hydrogen-bond donors (Lipinski definition) is 2. The molecule has 2 rings (SSSR count). The van der Waals surface area contributed by atoms with Crippen molar-refractivity contribution in [1.82, 2.24) is 0 Å². The molecule has 2 atom stereocenters. The monoisotopic (exact) mass is 468 g/mol. The third-order valence-electron chi connectivity index (χ3n) is 4.52. The van der Waals surface area contributed by atoms with Crippen LogP contribution in [-0.2, 0) is 17.9 Å². The van der Waals surface area contributed by atoms with E-state index in [1.54, 1.807) is 0 Å². The van der Waals surface area contributed by atoms with E-state index in [0.29, 0.717) is 11.1 Å². The molecule has 0 fully saturated rings. The summed E-state index contributed by atoms with van der Waals surface area (Å²) in [4.78, 5) is 13.2. The van der Waals surface area contributed by atoms with E-state index in [2.05, 4.69) is 0 Å². The van der Waals surface area contributed by atoms with Gasteiger partial charge in [0.25, 0.3) is 0 Å². The summed E-state index contributed by atoms with van der Waals surface area (Å²) >= 11 is 24.4. The van der Waals surface area contributed by atoms with Gasteiger partial charge in [0.15, 0.2) is 0 Å². The van der Waals surface area contributed by atoms with Gasteiger partial charge in [-0.2, -0.15) is 0 Å². The second kappa shape index (κ2) is 10.2. The van der Waals surface area contributed by atoms with E-state index in [0.717, 1.165) is 12.1 Å². The Morgan fingerprint density at radius 1 is 0.821 bits per heavy atom. The number of alkyl halides is 2. The predicted molar refractivity (Wildman–Crippen MR) is 111 cm³/mol. The average molecular weight is 470 g/mol. The van der Waals surface area contributed by atoms with Crippen LogP contribution < -0.4 is 11.5 Å². The van der Waals surface area contributed by atoms with Crippen molar-refractivity contribution in [3.63, 3.8) is 0 Å². The van der Waals surface area contributed by atoms with E-state index in [4.69, 9.17) is 57.9 Å². The van der Waals surface area contributed by atoms with Crippen LogP contribution in [0.15, 0.2) is 24.3 Å². The first-order valence-electron chi connectivity index (χ1n) is 8.30. The topological polar surface area (TPSA) is 69.1 Å². The number of hydrogen-bond acceptors (Lipinski definition) is 3. The molecular weight excluding hydrogens is 452 g/mol. The van der Waals surface area contributed by atoms with Gasteiger partial charge >= 0.3 is 0 Å². The van der Waals surface area contributed by atoms with Gasteiger partial charge in [-0.1, -0.05) is 23.2 Å². The number of ketones is 1. The van der Waals surface area contributed by atoms with Crippen molar-refractivity contribution in [1.29, 1.82) is 0 Å². The Labute approximate surface area is 181 Å². The van der Waals surface area contributed by atoms with Crippen LogP contribution in [-0.4, -0.2) is 17.5 Å². The van der Waals surface area contributed by atoms with Crippen LogP contribution in [0.4, 0.5) is 8.78 Å². The van der Waals surface area contributed by atoms with E-state index in [1.165, 1.54) is 12.1 Å². The van der Waals surface area contributed by atoms with Gasteiger partial charge in [-0.15, -0.1) is 23.2 Å². The first-order chi connectivity index (χ1) is 13.3. The maximum Gasteiger partial charge on any atom is 0.150 e. The molecule has 0 aliphatic carbocycles. The van der Waals surface area contributed by atoms with Crippen LogP contribution >= 0.6 is 46.4 Å². The van der Waals surface area contributed by atoms with E-state index in [9.17, 15) is 13.6 Å². The molecule has 0 heterocycles. The Kier molecular flexibility index (Phi) is 8.49. The Balaban J connectivity index is 2.52. The highest BCUT2D eigenvalue weighted by Gasteiger charge is 2.32. The molecular formula is C19H18Cl4F2N2O. The van der Waals surface area contributed by atoms with E-state index in [1.807, 2.05) is 0 Å². The van der Waals surface area contributed by atoms with Gasteiger partial charge in [0.2, 0.25) is 0 Å².